The minimum Gasteiger partial charge on any atom is -0.443 e. The molecule has 2 heterocycles. The van der Waals surface area contributed by atoms with Crippen molar-refractivity contribution in [1.29, 1.82) is 0 Å². The van der Waals surface area contributed by atoms with E-state index >= 15 is 0 Å². The second-order valence-corrected chi connectivity index (χ2v) is 5.63. The summed E-state index contributed by atoms with van der Waals surface area (Å²) < 4.78 is 7.15. The molecule has 19 heavy (non-hydrogen) atoms. The number of nitrogens with zero attached hydrogens (tertiary/aromatic N) is 1. The van der Waals surface area contributed by atoms with Crippen molar-refractivity contribution >= 4 is 21.3 Å². The molecule has 1 N–H and O–H groups in total. The van der Waals surface area contributed by atoms with Crippen LogP contribution < -0.4 is 5.32 Å². The predicted molar refractivity (Wildman–Crippen MR) is 72.7 cm³/mol. The average molecular weight is 278 g/mol. The van der Waals surface area contributed by atoms with Gasteiger partial charge < -0.3 is 10.1 Å². The van der Waals surface area contributed by atoms with Gasteiger partial charge in [-0.3, -0.25) is 9.46 Å². The third-order valence-electron chi connectivity index (χ3n) is 3.62. The van der Waals surface area contributed by atoms with E-state index in [9.17, 15) is 9.59 Å². The van der Waals surface area contributed by atoms with Crippen molar-refractivity contribution < 1.29 is 14.3 Å². The van der Waals surface area contributed by atoms with Crippen LogP contribution in [-0.4, -0.2) is 41.8 Å². The number of amides is 1. The minimum atomic E-state index is -0.429. The molecule has 2 saturated heterocycles. The Morgan fingerprint density at radius 2 is 2.05 bits per heavy atom. The lowest BCUT2D eigenvalue weighted by Gasteiger charge is -2.35. The molecule has 2 fully saturated rings. The summed E-state index contributed by atoms with van der Waals surface area (Å²) in [5.41, 5.74) is 0.674. The first-order valence-electron chi connectivity index (χ1n) is 6.21. The van der Waals surface area contributed by atoms with Crippen LogP contribution in [0.5, 0.6) is 0 Å². The molecule has 1 aromatic carbocycles. The van der Waals surface area contributed by atoms with Gasteiger partial charge in [0.2, 0.25) is 0 Å². The smallest absolute Gasteiger partial charge is 0.407 e. The van der Waals surface area contributed by atoms with E-state index in [1.807, 2.05) is 22.9 Å². The Morgan fingerprint density at radius 3 is 2.79 bits per heavy atom. The van der Waals surface area contributed by atoms with Crippen LogP contribution in [-0.2, 0) is 4.74 Å². The molecule has 0 spiro atoms. The van der Waals surface area contributed by atoms with Crippen molar-refractivity contribution in [2.45, 2.75) is 12.1 Å². The maximum Gasteiger partial charge on any atom is 0.407 e. The third-order valence-corrected chi connectivity index (χ3v) is 4.04. The topological polar surface area (TPSA) is 58.6 Å². The SMILES string of the molecule is O=C1NC2C(CN(P)CC2C(=O)c2ccccc2)O1. The van der Waals surface area contributed by atoms with Crippen LogP contribution in [0.2, 0.25) is 0 Å². The van der Waals surface area contributed by atoms with Gasteiger partial charge in [-0.2, -0.15) is 0 Å². The number of fused-ring (bicyclic) bond motifs is 1. The highest BCUT2D eigenvalue weighted by Gasteiger charge is 2.46. The van der Waals surface area contributed by atoms with Crippen LogP contribution >= 0.6 is 9.39 Å². The molecule has 0 bridgehead atoms. The molecule has 0 radical (unpaired) electrons. The van der Waals surface area contributed by atoms with Crippen LogP contribution in [0.1, 0.15) is 10.4 Å². The van der Waals surface area contributed by atoms with E-state index < -0.39 is 6.09 Å². The van der Waals surface area contributed by atoms with Gasteiger partial charge in [0.1, 0.15) is 6.10 Å². The first kappa shape index (κ1) is 12.6. The highest BCUT2D eigenvalue weighted by Crippen LogP contribution is 2.28. The molecule has 4 unspecified atom stereocenters. The molecular weight excluding hydrogens is 263 g/mol. The van der Waals surface area contributed by atoms with Crippen molar-refractivity contribution in [3.05, 3.63) is 35.9 Å². The summed E-state index contributed by atoms with van der Waals surface area (Å²) in [6, 6.07) is 8.94. The second kappa shape index (κ2) is 4.91. The number of piperidine rings is 1. The summed E-state index contributed by atoms with van der Waals surface area (Å²) in [7, 11) is 2.58. The quantitative estimate of drug-likeness (QED) is 0.649. The van der Waals surface area contributed by atoms with Crippen LogP contribution in [0.25, 0.3) is 0 Å². The zero-order valence-electron chi connectivity index (χ0n) is 10.3. The van der Waals surface area contributed by atoms with Crippen molar-refractivity contribution in [2.24, 2.45) is 5.92 Å². The summed E-state index contributed by atoms with van der Waals surface area (Å²) in [4.78, 5) is 23.9. The second-order valence-electron chi connectivity index (χ2n) is 4.90. The monoisotopic (exact) mass is 278 g/mol. The van der Waals surface area contributed by atoms with Crippen LogP contribution in [0.15, 0.2) is 30.3 Å². The van der Waals surface area contributed by atoms with E-state index in [4.69, 9.17) is 4.74 Å². The van der Waals surface area contributed by atoms with Gasteiger partial charge in [-0.05, 0) is 0 Å². The molecular formula is C13H15N2O3P. The molecule has 0 aromatic heterocycles. The zero-order valence-corrected chi connectivity index (χ0v) is 11.4. The molecule has 100 valence electrons. The number of nitrogens with one attached hydrogen (secondary N) is 1. The van der Waals surface area contributed by atoms with Crippen molar-refractivity contribution in [3.63, 3.8) is 0 Å². The number of ether oxygens (including phenoxy) is 1. The lowest BCUT2D eigenvalue weighted by Crippen LogP contribution is -2.54. The van der Waals surface area contributed by atoms with Gasteiger partial charge >= 0.3 is 6.09 Å². The molecule has 0 aliphatic carbocycles. The molecule has 4 atom stereocenters. The summed E-state index contributed by atoms with van der Waals surface area (Å²) in [5, 5.41) is 2.76. The van der Waals surface area contributed by atoms with Crippen molar-refractivity contribution in [1.82, 2.24) is 9.99 Å². The van der Waals surface area contributed by atoms with Gasteiger partial charge in [0, 0.05) is 18.7 Å². The van der Waals surface area contributed by atoms with Crippen LogP contribution in [0.4, 0.5) is 4.79 Å². The summed E-state index contributed by atoms with van der Waals surface area (Å²) in [6.07, 6.45) is -0.683. The molecule has 1 aromatic rings. The summed E-state index contributed by atoms with van der Waals surface area (Å²) in [6.45, 7) is 1.23. The largest absolute Gasteiger partial charge is 0.443 e. The first-order chi connectivity index (χ1) is 9.15. The fraction of sp³-hybridized carbons (Fsp3) is 0.385. The Labute approximate surface area is 113 Å². The number of ketones is 1. The van der Waals surface area contributed by atoms with E-state index in [1.165, 1.54) is 0 Å². The molecule has 3 rings (SSSR count). The fourth-order valence-electron chi connectivity index (χ4n) is 2.72. The zero-order chi connectivity index (χ0) is 13.4. The maximum absolute atomic E-state index is 12.6. The van der Waals surface area contributed by atoms with Crippen molar-refractivity contribution in [2.75, 3.05) is 13.1 Å². The normalized spacial score (nSPS) is 30.4. The molecule has 2 aliphatic heterocycles. The number of hydrogen-bond donors (Lipinski definition) is 1. The lowest BCUT2D eigenvalue weighted by molar-refractivity contribution is 0.0623. The van der Waals surface area contributed by atoms with E-state index in [0.717, 1.165) is 0 Å². The van der Waals surface area contributed by atoms with Gasteiger partial charge in [0.25, 0.3) is 0 Å². The minimum absolute atomic E-state index is 0.0496. The van der Waals surface area contributed by atoms with E-state index in [1.54, 1.807) is 12.1 Å². The fourth-order valence-corrected chi connectivity index (χ4v) is 3.15. The Bertz CT molecular complexity index is 508. The van der Waals surface area contributed by atoms with Gasteiger partial charge in [-0.1, -0.05) is 39.7 Å². The Balaban J connectivity index is 1.86. The number of hydrogen-bond acceptors (Lipinski definition) is 4. The number of benzene rings is 1. The highest BCUT2D eigenvalue weighted by molar-refractivity contribution is 7.13. The Hall–Kier alpha value is -1.45. The number of carbonyl (C=O) groups is 2. The number of rotatable bonds is 2. The van der Waals surface area contributed by atoms with Crippen LogP contribution in [0, 0.1) is 5.92 Å². The third kappa shape index (κ3) is 2.36. The van der Waals surface area contributed by atoms with Crippen molar-refractivity contribution in [3.8, 4) is 0 Å². The molecule has 0 saturated carbocycles. The molecule has 6 heteroatoms. The van der Waals surface area contributed by atoms with E-state index in [-0.39, 0.29) is 23.8 Å². The van der Waals surface area contributed by atoms with Gasteiger partial charge in [-0.15, -0.1) is 0 Å². The lowest BCUT2D eigenvalue weighted by atomic mass is 9.85. The predicted octanol–water partition coefficient (Wildman–Crippen LogP) is 1.07. The van der Waals surface area contributed by atoms with E-state index in [0.29, 0.717) is 18.7 Å². The molecule has 1 amide bonds. The number of alkyl carbamates (subject to hydrolysis) is 1. The number of carbonyl (C=O) groups excluding carboxylic acids is 2. The Kier molecular flexibility index (Phi) is 3.25. The maximum atomic E-state index is 12.6. The molecule has 5 nitrogen and oxygen atoms in total. The number of Topliss-reactive ketones (excluding diaryl/α,β-unsaturated/α-hetero) is 1. The highest BCUT2D eigenvalue weighted by atomic mass is 31.0. The van der Waals surface area contributed by atoms with Gasteiger partial charge in [-0.25, -0.2) is 4.79 Å². The molecule has 2 aliphatic rings. The standard InChI is InChI=1S/C13H15N2O3P/c16-12(8-4-2-1-3-5-8)9-6-15(19)7-10-11(9)14-13(17)18-10/h1-5,9-11H,6-7,19H2,(H,14,17). The Morgan fingerprint density at radius 1 is 1.32 bits per heavy atom. The van der Waals surface area contributed by atoms with Gasteiger partial charge in [0.05, 0.1) is 12.0 Å². The van der Waals surface area contributed by atoms with Crippen LogP contribution in [0.3, 0.4) is 0 Å². The average Bonchev–Trinajstić information content (AvgIpc) is 2.78. The van der Waals surface area contributed by atoms with E-state index in [2.05, 4.69) is 14.7 Å². The first-order valence-corrected chi connectivity index (χ1v) is 6.73. The van der Waals surface area contributed by atoms with Gasteiger partial charge in [0.15, 0.2) is 5.78 Å². The summed E-state index contributed by atoms with van der Waals surface area (Å²) >= 11 is 0. The summed E-state index contributed by atoms with van der Waals surface area (Å²) in [5.74, 6) is -0.223.